The highest BCUT2D eigenvalue weighted by Gasteiger charge is 2.00. The van der Waals surface area contributed by atoms with Crippen molar-refractivity contribution >= 4 is 22.1 Å². The van der Waals surface area contributed by atoms with Gasteiger partial charge in [0.25, 0.3) is 0 Å². The van der Waals surface area contributed by atoms with Gasteiger partial charge in [0.1, 0.15) is 5.75 Å². The van der Waals surface area contributed by atoms with Crippen molar-refractivity contribution < 1.29 is 4.74 Å². The first-order valence-corrected chi connectivity index (χ1v) is 4.58. The summed E-state index contributed by atoms with van der Waals surface area (Å²) in [6, 6.07) is 6.06. The third kappa shape index (κ3) is 1.08. The lowest BCUT2D eigenvalue weighted by Gasteiger charge is -1.98. The van der Waals surface area contributed by atoms with E-state index >= 15 is 0 Å². The average molecular weight is 177 g/mol. The number of ether oxygens (including phenoxy) is 1. The Balaban J connectivity index is 2.71. The molecule has 0 unspecified atom stereocenters. The van der Waals surface area contributed by atoms with Gasteiger partial charge in [-0.05, 0) is 30.5 Å². The van der Waals surface area contributed by atoms with Crippen molar-refractivity contribution in [3.8, 4) is 5.75 Å². The number of rotatable bonds is 1. The quantitative estimate of drug-likeness (QED) is 0.650. The van der Waals surface area contributed by atoms with Crippen LogP contribution in [0.2, 0.25) is 0 Å². The van der Waals surface area contributed by atoms with E-state index in [0.717, 1.165) is 5.75 Å². The van der Waals surface area contributed by atoms with Gasteiger partial charge >= 0.3 is 0 Å². The van der Waals surface area contributed by atoms with Crippen molar-refractivity contribution in [2.45, 2.75) is 6.92 Å². The Labute approximate surface area is 75.6 Å². The summed E-state index contributed by atoms with van der Waals surface area (Å²) in [5.41, 5.74) is 0. The fourth-order valence-corrected chi connectivity index (χ4v) is 1.94. The van der Waals surface area contributed by atoms with Crippen molar-refractivity contribution in [1.29, 1.82) is 0 Å². The van der Waals surface area contributed by atoms with E-state index in [1.54, 1.807) is 18.4 Å². The highest BCUT2D eigenvalue weighted by molar-refractivity contribution is 7.11. The van der Waals surface area contributed by atoms with Gasteiger partial charge in [0.05, 0.1) is 12.5 Å². The van der Waals surface area contributed by atoms with Gasteiger partial charge in [-0.1, -0.05) is 0 Å². The number of hydrogen-bond donors (Lipinski definition) is 0. The molecule has 2 heteroatoms. The van der Waals surface area contributed by atoms with Crippen LogP contribution in [-0.2, 0) is 0 Å². The number of benzene rings is 1. The number of thiophene rings is 1. The molecule has 0 aliphatic carbocycles. The molecule has 1 aromatic heterocycles. The first-order chi connectivity index (χ1) is 5.81. The van der Waals surface area contributed by atoms with E-state index in [4.69, 9.17) is 4.74 Å². The van der Waals surface area contributed by atoms with Gasteiger partial charge in [0.15, 0.2) is 0 Å². The lowest BCUT2D eigenvalue weighted by molar-refractivity contribution is 0.415. The number of hydrogen-bond acceptors (Lipinski definition) is 2. The van der Waals surface area contributed by atoms with E-state index in [2.05, 4.69) is 18.4 Å². The lowest BCUT2D eigenvalue weighted by Crippen LogP contribution is -1.80. The number of methoxy groups -OCH3 is 1. The van der Waals surface area contributed by atoms with Gasteiger partial charge in [-0.15, -0.1) is 11.3 Å². The number of aryl methyl sites for hydroxylation is 1. The fourth-order valence-electron chi connectivity index (χ4n) is 1.22. The Morgan fingerprint density at radius 1 is 1.42 bits per heavy atom. The monoisotopic (exact) mass is 177 g/mol. The van der Waals surface area contributed by atoms with Crippen LogP contribution in [-0.4, -0.2) is 7.11 Å². The maximum absolute atomic E-state index is 5.14. The zero-order valence-electron chi connectivity index (χ0n) is 7.05. The molecule has 0 bridgehead atoms. The standard InChI is InChI=1S/C10H9OS/c1-7-10-5-9(11-2)4-3-8(10)6-12-7/h3-5H,1-2H3. The largest absolute Gasteiger partial charge is 0.497 e. The van der Waals surface area contributed by atoms with E-state index < -0.39 is 0 Å². The van der Waals surface area contributed by atoms with Crippen molar-refractivity contribution in [2.24, 2.45) is 0 Å². The van der Waals surface area contributed by atoms with Gasteiger partial charge in [0.2, 0.25) is 0 Å². The van der Waals surface area contributed by atoms with E-state index in [0.29, 0.717) is 0 Å². The summed E-state index contributed by atoms with van der Waals surface area (Å²) in [5.74, 6) is 0.914. The fraction of sp³-hybridized carbons (Fsp3) is 0.200. The van der Waals surface area contributed by atoms with Gasteiger partial charge in [-0.2, -0.15) is 0 Å². The van der Waals surface area contributed by atoms with E-state index in [1.165, 1.54) is 15.6 Å². The first kappa shape index (κ1) is 7.62. The molecule has 0 spiro atoms. The van der Waals surface area contributed by atoms with Crippen molar-refractivity contribution in [3.05, 3.63) is 28.5 Å². The predicted octanol–water partition coefficient (Wildman–Crippen LogP) is 3.02. The minimum Gasteiger partial charge on any atom is -0.497 e. The second kappa shape index (κ2) is 2.79. The molecule has 0 saturated heterocycles. The summed E-state index contributed by atoms with van der Waals surface area (Å²) in [6.45, 7) is 2.10. The molecule has 1 aromatic carbocycles. The minimum absolute atomic E-state index is 0.914. The molecule has 0 saturated carbocycles. The third-order valence-electron chi connectivity index (χ3n) is 1.92. The highest BCUT2D eigenvalue weighted by Crippen LogP contribution is 2.27. The average Bonchev–Trinajstić information content (AvgIpc) is 2.47. The van der Waals surface area contributed by atoms with Crippen LogP contribution in [0.5, 0.6) is 5.75 Å². The molecule has 0 aliphatic rings. The molecular formula is C10H9OS. The molecule has 1 nitrogen and oxygen atoms in total. The molecule has 2 rings (SSSR count). The van der Waals surface area contributed by atoms with Gasteiger partial charge in [0, 0.05) is 10.3 Å². The minimum atomic E-state index is 0.914. The summed E-state index contributed by atoms with van der Waals surface area (Å²) in [5, 5.41) is 5.65. The molecule has 2 aromatic rings. The summed E-state index contributed by atoms with van der Waals surface area (Å²) in [7, 11) is 1.69. The highest BCUT2D eigenvalue weighted by atomic mass is 32.1. The Morgan fingerprint density at radius 3 is 3.00 bits per heavy atom. The number of fused-ring (bicyclic) bond motifs is 1. The maximum Gasteiger partial charge on any atom is 0.119 e. The SMILES string of the molecule is COc1ccc2[c]sc(C)c2c1. The zero-order valence-corrected chi connectivity index (χ0v) is 7.87. The molecule has 0 N–H and O–H groups in total. The smallest absolute Gasteiger partial charge is 0.119 e. The van der Waals surface area contributed by atoms with E-state index in [9.17, 15) is 0 Å². The molecule has 61 valence electrons. The first-order valence-electron chi connectivity index (χ1n) is 3.76. The second-order valence-corrected chi connectivity index (χ2v) is 3.69. The van der Waals surface area contributed by atoms with Gasteiger partial charge < -0.3 is 4.74 Å². The topological polar surface area (TPSA) is 9.23 Å². The summed E-state index contributed by atoms with van der Waals surface area (Å²) < 4.78 is 5.14. The van der Waals surface area contributed by atoms with Crippen LogP contribution in [0.1, 0.15) is 4.88 Å². The molecule has 1 heterocycles. The van der Waals surface area contributed by atoms with Crippen LogP contribution in [0.15, 0.2) is 18.2 Å². The van der Waals surface area contributed by atoms with E-state index in [-0.39, 0.29) is 0 Å². The summed E-state index contributed by atoms with van der Waals surface area (Å²) >= 11 is 1.66. The van der Waals surface area contributed by atoms with Gasteiger partial charge in [-0.3, -0.25) is 0 Å². The van der Waals surface area contributed by atoms with Crippen molar-refractivity contribution in [1.82, 2.24) is 0 Å². The molecule has 12 heavy (non-hydrogen) atoms. The van der Waals surface area contributed by atoms with Crippen LogP contribution in [0.4, 0.5) is 0 Å². The predicted molar refractivity (Wildman–Crippen MR) is 52.0 cm³/mol. The third-order valence-corrected chi connectivity index (χ3v) is 2.77. The summed E-state index contributed by atoms with van der Waals surface area (Å²) in [6.07, 6.45) is 0. The normalized spacial score (nSPS) is 10.5. The Kier molecular flexibility index (Phi) is 1.77. The van der Waals surface area contributed by atoms with E-state index in [1.807, 2.05) is 12.1 Å². The second-order valence-electron chi connectivity index (χ2n) is 2.67. The Bertz CT molecular complexity index is 403. The molecule has 0 amide bonds. The van der Waals surface area contributed by atoms with Crippen molar-refractivity contribution in [3.63, 3.8) is 0 Å². The molecule has 0 atom stereocenters. The van der Waals surface area contributed by atoms with Crippen LogP contribution in [0, 0.1) is 12.3 Å². The van der Waals surface area contributed by atoms with Crippen LogP contribution >= 0.6 is 11.3 Å². The molecular weight excluding hydrogens is 168 g/mol. The lowest BCUT2D eigenvalue weighted by atomic mass is 10.2. The van der Waals surface area contributed by atoms with Crippen LogP contribution < -0.4 is 4.74 Å². The van der Waals surface area contributed by atoms with Gasteiger partial charge in [-0.25, -0.2) is 0 Å². The Hall–Kier alpha value is -1.02. The molecule has 0 fully saturated rings. The molecule has 0 aliphatic heterocycles. The summed E-state index contributed by atoms with van der Waals surface area (Å²) in [4.78, 5) is 1.30. The van der Waals surface area contributed by atoms with Crippen LogP contribution in [0.25, 0.3) is 10.8 Å². The zero-order chi connectivity index (χ0) is 8.55. The molecule has 1 radical (unpaired) electrons. The van der Waals surface area contributed by atoms with Crippen LogP contribution in [0.3, 0.4) is 0 Å². The van der Waals surface area contributed by atoms with Crippen molar-refractivity contribution in [2.75, 3.05) is 7.11 Å². The maximum atomic E-state index is 5.14. The Morgan fingerprint density at radius 2 is 2.25 bits per heavy atom.